The molecule has 0 aliphatic rings. The highest BCUT2D eigenvalue weighted by atomic mass is 16.7. The number of aliphatic imine (C=N–C) groups is 1. The van der Waals surface area contributed by atoms with Gasteiger partial charge in [-0.15, -0.1) is 0 Å². The largest absolute Gasteiger partial charge is 0.353 e. The molecule has 0 aromatic rings. The zero-order valence-corrected chi connectivity index (χ0v) is 18.0. The summed E-state index contributed by atoms with van der Waals surface area (Å²) in [6.45, 7) is 9.74. The van der Waals surface area contributed by atoms with E-state index in [1.165, 1.54) is 69.9 Å². The van der Waals surface area contributed by atoms with Crippen molar-refractivity contribution >= 4 is 5.71 Å². The summed E-state index contributed by atoms with van der Waals surface area (Å²) < 4.78 is 10.8. The van der Waals surface area contributed by atoms with Gasteiger partial charge in [-0.25, -0.2) is 0 Å². The maximum absolute atomic E-state index is 5.39. The zero-order chi connectivity index (χ0) is 19.0. The molecule has 0 radical (unpaired) electrons. The van der Waals surface area contributed by atoms with Crippen molar-refractivity contribution in [3.8, 4) is 0 Å². The Morgan fingerprint density at radius 2 is 1.24 bits per heavy atom. The molecule has 0 unspecified atom stereocenters. The Labute approximate surface area is 158 Å². The average Bonchev–Trinajstić information content (AvgIpc) is 2.58. The van der Waals surface area contributed by atoms with Gasteiger partial charge in [-0.3, -0.25) is 4.99 Å². The monoisotopic (exact) mass is 355 g/mol. The summed E-state index contributed by atoms with van der Waals surface area (Å²) in [5, 5.41) is 0. The molecule has 0 heterocycles. The highest BCUT2D eigenvalue weighted by molar-refractivity contribution is 5.81. The van der Waals surface area contributed by atoms with Gasteiger partial charge in [0, 0.05) is 32.9 Å². The summed E-state index contributed by atoms with van der Waals surface area (Å²) in [7, 11) is 3.45. The second kappa shape index (κ2) is 15.8. The lowest BCUT2D eigenvalue weighted by Crippen LogP contribution is -2.29. The van der Waals surface area contributed by atoms with Crippen molar-refractivity contribution in [1.82, 2.24) is 0 Å². The molecular weight excluding hydrogens is 310 g/mol. The second-order valence-electron chi connectivity index (χ2n) is 8.04. The van der Waals surface area contributed by atoms with Crippen LogP contribution in [0.15, 0.2) is 4.99 Å². The first-order valence-corrected chi connectivity index (χ1v) is 10.5. The molecule has 0 fully saturated rings. The third kappa shape index (κ3) is 15.6. The van der Waals surface area contributed by atoms with E-state index in [-0.39, 0.29) is 0 Å². The molecule has 0 N–H and O–H groups in total. The average molecular weight is 356 g/mol. The number of ether oxygens (including phenoxy) is 2. The van der Waals surface area contributed by atoms with Crippen LogP contribution in [0.3, 0.4) is 0 Å². The van der Waals surface area contributed by atoms with Gasteiger partial charge in [0.15, 0.2) is 5.79 Å². The van der Waals surface area contributed by atoms with Crippen molar-refractivity contribution in [1.29, 1.82) is 0 Å². The van der Waals surface area contributed by atoms with E-state index in [1.54, 1.807) is 14.2 Å². The Hall–Kier alpha value is -0.410. The highest BCUT2D eigenvalue weighted by Crippen LogP contribution is 2.20. The fraction of sp³-hybridized carbons (Fsp3) is 0.955. The van der Waals surface area contributed by atoms with E-state index >= 15 is 0 Å². The SMILES string of the molecule is COC(C)(CCCCCCCCCCCCN=C(C)CC(C)C)OC. The molecule has 0 bridgehead atoms. The predicted molar refractivity (Wildman–Crippen MR) is 111 cm³/mol. The first kappa shape index (κ1) is 24.6. The lowest BCUT2D eigenvalue weighted by atomic mass is 10.0. The molecule has 0 saturated heterocycles. The molecule has 0 aliphatic heterocycles. The van der Waals surface area contributed by atoms with Gasteiger partial charge < -0.3 is 9.47 Å². The molecular formula is C22H45NO2. The summed E-state index contributed by atoms with van der Waals surface area (Å²) >= 11 is 0. The van der Waals surface area contributed by atoms with E-state index in [0.717, 1.165) is 25.3 Å². The number of nitrogens with zero attached hydrogens (tertiary/aromatic N) is 1. The fourth-order valence-electron chi connectivity index (χ4n) is 3.18. The fourth-order valence-corrected chi connectivity index (χ4v) is 3.18. The molecule has 0 rings (SSSR count). The lowest BCUT2D eigenvalue weighted by Gasteiger charge is -2.26. The van der Waals surface area contributed by atoms with Crippen molar-refractivity contribution < 1.29 is 9.47 Å². The van der Waals surface area contributed by atoms with Crippen LogP contribution in [0.2, 0.25) is 0 Å². The van der Waals surface area contributed by atoms with Crippen LogP contribution in [0.5, 0.6) is 0 Å². The van der Waals surface area contributed by atoms with E-state index < -0.39 is 5.79 Å². The maximum atomic E-state index is 5.39. The van der Waals surface area contributed by atoms with E-state index in [4.69, 9.17) is 9.47 Å². The minimum Gasteiger partial charge on any atom is -0.353 e. The summed E-state index contributed by atoms with van der Waals surface area (Å²) in [4.78, 5) is 4.67. The topological polar surface area (TPSA) is 30.8 Å². The second-order valence-corrected chi connectivity index (χ2v) is 8.04. The summed E-state index contributed by atoms with van der Waals surface area (Å²) in [6, 6.07) is 0. The molecule has 3 heteroatoms. The van der Waals surface area contributed by atoms with Crippen molar-refractivity contribution in [2.24, 2.45) is 10.9 Å². The highest BCUT2D eigenvalue weighted by Gasteiger charge is 2.21. The molecule has 0 atom stereocenters. The Balaban J connectivity index is 3.32. The number of hydrogen-bond donors (Lipinski definition) is 0. The summed E-state index contributed by atoms with van der Waals surface area (Å²) in [6.07, 6.45) is 15.5. The molecule has 3 nitrogen and oxygen atoms in total. The van der Waals surface area contributed by atoms with Gasteiger partial charge >= 0.3 is 0 Å². The van der Waals surface area contributed by atoms with Gasteiger partial charge in [-0.1, -0.05) is 65.2 Å². The van der Waals surface area contributed by atoms with Crippen molar-refractivity contribution in [2.75, 3.05) is 20.8 Å². The molecule has 0 saturated carbocycles. The van der Waals surface area contributed by atoms with Crippen LogP contribution in [0, 0.1) is 5.92 Å². The van der Waals surface area contributed by atoms with Gasteiger partial charge in [0.1, 0.15) is 0 Å². The van der Waals surface area contributed by atoms with Crippen molar-refractivity contribution in [2.45, 2.75) is 111 Å². The third-order valence-electron chi connectivity index (χ3n) is 4.99. The number of methoxy groups -OCH3 is 2. The number of hydrogen-bond acceptors (Lipinski definition) is 3. The molecule has 0 aromatic carbocycles. The minimum atomic E-state index is -0.391. The molecule has 25 heavy (non-hydrogen) atoms. The van der Waals surface area contributed by atoms with Crippen LogP contribution in [0.4, 0.5) is 0 Å². The molecule has 0 amide bonds. The van der Waals surface area contributed by atoms with Crippen LogP contribution in [0.1, 0.15) is 105 Å². The van der Waals surface area contributed by atoms with E-state index in [2.05, 4.69) is 25.8 Å². The van der Waals surface area contributed by atoms with Gasteiger partial charge in [-0.2, -0.15) is 0 Å². The first-order chi connectivity index (χ1) is 11.9. The van der Waals surface area contributed by atoms with E-state index in [9.17, 15) is 0 Å². The quantitative estimate of drug-likeness (QED) is 0.163. The van der Waals surface area contributed by atoms with Gasteiger partial charge in [0.25, 0.3) is 0 Å². The first-order valence-electron chi connectivity index (χ1n) is 10.5. The smallest absolute Gasteiger partial charge is 0.164 e. The molecule has 0 aromatic heterocycles. The standard InChI is InChI=1S/C22H45NO2/c1-20(2)19-21(3)23-18-16-14-12-10-8-7-9-11-13-15-17-22(4,24-5)25-6/h20H,7-19H2,1-6H3. The summed E-state index contributed by atoms with van der Waals surface area (Å²) in [5.41, 5.74) is 1.33. The van der Waals surface area contributed by atoms with Crippen LogP contribution in [-0.4, -0.2) is 32.3 Å². The Kier molecular flexibility index (Phi) is 15.6. The van der Waals surface area contributed by atoms with Crippen LogP contribution < -0.4 is 0 Å². The molecule has 0 spiro atoms. The Morgan fingerprint density at radius 1 is 0.800 bits per heavy atom. The molecule has 0 aliphatic carbocycles. The lowest BCUT2D eigenvalue weighted by molar-refractivity contribution is -0.197. The third-order valence-corrected chi connectivity index (χ3v) is 4.99. The van der Waals surface area contributed by atoms with Crippen LogP contribution in [0.25, 0.3) is 0 Å². The maximum Gasteiger partial charge on any atom is 0.164 e. The number of rotatable bonds is 17. The van der Waals surface area contributed by atoms with Gasteiger partial charge in [0.2, 0.25) is 0 Å². The predicted octanol–water partition coefficient (Wildman–Crippen LogP) is 6.79. The van der Waals surface area contributed by atoms with E-state index in [0.29, 0.717) is 0 Å². The zero-order valence-electron chi connectivity index (χ0n) is 18.0. The van der Waals surface area contributed by atoms with Crippen molar-refractivity contribution in [3.05, 3.63) is 0 Å². The summed E-state index contributed by atoms with van der Waals surface area (Å²) in [5.74, 6) is 0.338. The van der Waals surface area contributed by atoms with Crippen molar-refractivity contribution in [3.63, 3.8) is 0 Å². The van der Waals surface area contributed by atoms with E-state index in [1.807, 2.05) is 6.92 Å². The Bertz CT molecular complexity index is 322. The van der Waals surface area contributed by atoms with Gasteiger partial charge in [-0.05, 0) is 39.0 Å². The van der Waals surface area contributed by atoms with Crippen LogP contribution >= 0.6 is 0 Å². The number of unbranched alkanes of at least 4 members (excludes halogenated alkanes) is 9. The van der Waals surface area contributed by atoms with Crippen LogP contribution in [-0.2, 0) is 9.47 Å². The Morgan fingerprint density at radius 3 is 1.68 bits per heavy atom. The molecule has 150 valence electrons. The minimum absolute atomic E-state index is 0.391. The van der Waals surface area contributed by atoms with Gasteiger partial charge in [0.05, 0.1) is 0 Å². The normalized spacial score (nSPS) is 13.0.